The van der Waals surface area contributed by atoms with Crippen molar-refractivity contribution in [2.24, 2.45) is 7.05 Å². The number of fused-ring (bicyclic) bond motifs is 2. The van der Waals surface area contributed by atoms with Crippen molar-refractivity contribution in [1.29, 1.82) is 0 Å². The van der Waals surface area contributed by atoms with E-state index in [2.05, 4.69) is 31.5 Å². The van der Waals surface area contributed by atoms with Crippen molar-refractivity contribution in [3.63, 3.8) is 0 Å². The number of carbonyl (C=O) groups excluding carboxylic acids is 1. The van der Waals surface area contributed by atoms with Crippen molar-refractivity contribution >= 4 is 11.7 Å². The van der Waals surface area contributed by atoms with E-state index in [4.69, 9.17) is 5.10 Å². The number of pyridine rings is 1. The highest BCUT2D eigenvalue weighted by atomic mass is 16.1. The predicted molar refractivity (Wildman–Crippen MR) is 100 cm³/mol. The molecule has 27 heavy (non-hydrogen) atoms. The lowest BCUT2D eigenvalue weighted by atomic mass is 9.88. The molecule has 0 fully saturated rings. The molecule has 2 N–H and O–H groups in total. The first-order chi connectivity index (χ1) is 13.2. The quantitative estimate of drug-likeness (QED) is 0.723. The molecule has 1 atom stereocenters. The van der Waals surface area contributed by atoms with E-state index in [0.717, 1.165) is 54.5 Å². The third-order valence-corrected chi connectivity index (χ3v) is 5.26. The Morgan fingerprint density at radius 2 is 2.19 bits per heavy atom. The smallest absolute Gasteiger partial charge is 0.226 e. The molecular weight excluding hydrogens is 342 g/mol. The van der Waals surface area contributed by atoms with Gasteiger partial charge in [0.15, 0.2) is 0 Å². The lowest BCUT2D eigenvalue weighted by Gasteiger charge is -2.22. The molecule has 2 aliphatic rings. The summed E-state index contributed by atoms with van der Waals surface area (Å²) in [5, 5.41) is 15.9. The molecule has 5 rings (SSSR count). The number of hydrogen-bond acceptors (Lipinski definition) is 5. The monoisotopic (exact) mass is 363 g/mol. The van der Waals surface area contributed by atoms with Crippen LogP contribution in [0.5, 0.6) is 0 Å². The van der Waals surface area contributed by atoms with Crippen molar-refractivity contribution in [3.05, 3.63) is 47.4 Å². The Kier molecular flexibility index (Phi) is 3.78. The molecule has 0 radical (unpaired) electrons. The van der Waals surface area contributed by atoms with Crippen LogP contribution in [0, 0.1) is 0 Å². The molecule has 2 aliphatic heterocycles. The summed E-state index contributed by atoms with van der Waals surface area (Å²) in [4.78, 5) is 16.9. The number of hydrogen-bond donors (Lipinski definition) is 2. The summed E-state index contributed by atoms with van der Waals surface area (Å²) in [7, 11) is 1.85. The fraction of sp³-hybridized carbons (Fsp3) is 0.368. The van der Waals surface area contributed by atoms with Crippen molar-refractivity contribution in [2.75, 3.05) is 11.9 Å². The number of nitrogens with zero attached hydrogens (tertiary/aromatic N) is 5. The molecule has 0 aromatic carbocycles. The zero-order valence-corrected chi connectivity index (χ0v) is 15.1. The maximum atomic E-state index is 12.4. The summed E-state index contributed by atoms with van der Waals surface area (Å²) in [6.45, 7) is 2.70. The molecule has 138 valence electrons. The zero-order valence-electron chi connectivity index (χ0n) is 15.1. The van der Waals surface area contributed by atoms with Crippen LogP contribution in [0.1, 0.15) is 35.7 Å². The minimum absolute atomic E-state index is 0.00982. The number of rotatable bonds is 2. The van der Waals surface area contributed by atoms with E-state index in [9.17, 15) is 4.79 Å². The van der Waals surface area contributed by atoms with Crippen LogP contribution < -0.4 is 10.6 Å². The van der Waals surface area contributed by atoms with Gasteiger partial charge in [0.25, 0.3) is 0 Å². The van der Waals surface area contributed by atoms with Gasteiger partial charge in [0.2, 0.25) is 5.91 Å². The largest absolute Gasteiger partial charge is 0.311 e. The number of carbonyl (C=O) groups is 1. The molecule has 0 saturated carbocycles. The van der Waals surface area contributed by atoms with Crippen LogP contribution in [-0.2, 0) is 24.9 Å². The van der Waals surface area contributed by atoms with Crippen LogP contribution in [0.3, 0.4) is 0 Å². The van der Waals surface area contributed by atoms with Gasteiger partial charge in [0, 0.05) is 44.2 Å². The molecular formula is C19H21N7O. The number of anilines is 1. The highest BCUT2D eigenvalue weighted by molar-refractivity contribution is 5.96. The van der Waals surface area contributed by atoms with Crippen LogP contribution in [0.25, 0.3) is 11.4 Å². The van der Waals surface area contributed by atoms with Crippen molar-refractivity contribution in [3.8, 4) is 11.4 Å². The second-order valence-corrected chi connectivity index (χ2v) is 7.07. The first-order valence-electron chi connectivity index (χ1n) is 9.26. The van der Waals surface area contributed by atoms with Gasteiger partial charge < -0.3 is 10.6 Å². The summed E-state index contributed by atoms with van der Waals surface area (Å²) < 4.78 is 3.80. The van der Waals surface area contributed by atoms with Crippen LogP contribution in [0.4, 0.5) is 5.82 Å². The van der Waals surface area contributed by atoms with Gasteiger partial charge >= 0.3 is 0 Å². The van der Waals surface area contributed by atoms with Crippen LogP contribution in [0.15, 0.2) is 30.5 Å². The molecule has 8 heteroatoms. The molecule has 5 heterocycles. The summed E-state index contributed by atoms with van der Waals surface area (Å²) in [6.07, 6.45) is 3.18. The SMILES string of the molecule is Cn1nc(-c2ccccn2)c2c1NC(=O)CC2c1cc2n(n1)CCCNC2. The Bertz CT molecular complexity index is 981. The Hall–Kier alpha value is -3.00. The molecule has 8 nitrogen and oxygen atoms in total. The summed E-state index contributed by atoms with van der Waals surface area (Å²) in [5.74, 6) is 0.599. The highest BCUT2D eigenvalue weighted by Gasteiger charge is 2.35. The van der Waals surface area contributed by atoms with Crippen LogP contribution >= 0.6 is 0 Å². The van der Waals surface area contributed by atoms with Gasteiger partial charge in [0.05, 0.1) is 17.1 Å². The molecule has 0 aliphatic carbocycles. The second-order valence-electron chi connectivity index (χ2n) is 7.07. The summed E-state index contributed by atoms with van der Waals surface area (Å²) in [5.41, 5.74) is 4.70. The lowest BCUT2D eigenvalue weighted by Crippen LogP contribution is -2.25. The lowest BCUT2D eigenvalue weighted by molar-refractivity contribution is -0.116. The van der Waals surface area contributed by atoms with Gasteiger partial charge in [-0.15, -0.1) is 0 Å². The van der Waals surface area contributed by atoms with E-state index in [1.54, 1.807) is 10.9 Å². The van der Waals surface area contributed by atoms with E-state index in [1.807, 2.05) is 25.2 Å². The molecule has 3 aromatic heterocycles. The number of nitrogens with one attached hydrogen (secondary N) is 2. The van der Waals surface area contributed by atoms with Gasteiger partial charge in [-0.25, -0.2) is 0 Å². The number of aryl methyl sites for hydroxylation is 2. The summed E-state index contributed by atoms with van der Waals surface area (Å²) in [6, 6.07) is 7.91. The normalized spacial score (nSPS) is 19.1. The fourth-order valence-electron chi connectivity index (χ4n) is 3.99. The van der Waals surface area contributed by atoms with Crippen molar-refractivity contribution < 1.29 is 4.79 Å². The average Bonchev–Trinajstić information content (AvgIpc) is 3.16. The van der Waals surface area contributed by atoms with E-state index < -0.39 is 0 Å². The maximum absolute atomic E-state index is 12.4. The second kappa shape index (κ2) is 6.31. The highest BCUT2D eigenvalue weighted by Crippen LogP contribution is 2.42. The Morgan fingerprint density at radius 3 is 3.04 bits per heavy atom. The number of aromatic nitrogens is 5. The van der Waals surface area contributed by atoms with Crippen molar-refractivity contribution in [1.82, 2.24) is 29.9 Å². The Labute approximate surface area is 156 Å². The number of amides is 1. The van der Waals surface area contributed by atoms with E-state index in [0.29, 0.717) is 6.42 Å². The third-order valence-electron chi connectivity index (χ3n) is 5.26. The van der Waals surface area contributed by atoms with Gasteiger partial charge in [-0.1, -0.05) is 6.07 Å². The minimum atomic E-state index is -0.126. The molecule has 0 saturated heterocycles. The maximum Gasteiger partial charge on any atom is 0.226 e. The topological polar surface area (TPSA) is 89.7 Å². The molecule has 1 amide bonds. The Morgan fingerprint density at radius 1 is 1.26 bits per heavy atom. The Balaban J connectivity index is 1.65. The van der Waals surface area contributed by atoms with Crippen LogP contribution in [0.2, 0.25) is 0 Å². The minimum Gasteiger partial charge on any atom is -0.311 e. The van der Waals surface area contributed by atoms with E-state index >= 15 is 0 Å². The first-order valence-corrected chi connectivity index (χ1v) is 9.26. The molecule has 1 unspecified atom stereocenters. The van der Waals surface area contributed by atoms with Crippen LogP contribution in [-0.4, -0.2) is 37.0 Å². The van der Waals surface area contributed by atoms with E-state index in [-0.39, 0.29) is 11.8 Å². The van der Waals surface area contributed by atoms with Gasteiger partial charge in [0.1, 0.15) is 11.5 Å². The standard InChI is InChI=1S/C19H21N7O/c1-25-19-17(18(24-25)14-5-2-3-7-21-14)13(10-16(27)22-19)15-9-12-11-20-6-4-8-26(12)23-15/h2-3,5,7,9,13,20H,4,6,8,10-11H2,1H3,(H,22,27). The van der Waals surface area contributed by atoms with Crippen molar-refractivity contribution in [2.45, 2.75) is 31.8 Å². The summed E-state index contributed by atoms with van der Waals surface area (Å²) >= 11 is 0. The fourth-order valence-corrected chi connectivity index (χ4v) is 3.99. The molecule has 3 aromatic rings. The average molecular weight is 363 g/mol. The molecule has 0 bridgehead atoms. The molecule has 0 spiro atoms. The van der Waals surface area contributed by atoms with E-state index in [1.165, 1.54) is 5.69 Å². The van der Waals surface area contributed by atoms with Gasteiger partial charge in [-0.2, -0.15) is 10.2 Å². The zero-order chi connectivity index (χ0) is 18.4. The van der Waals surface area contributed by atoms with Gasteiger partial charge in [-0.05, 0) is 31.2 Å². The third kappa shape index (κ3) is 2.73. The predicted octanol–water partition coefficient (Wildman–Crippen LogP) is 1.65. The first kappa shape index (κ1) is 16.2. The van der Waals surface area contributed by atoms with Gasteiger partial charge in [-0.3, -0.25) is 19.1 Å².